The largest absolute Gasteiger partial charge is 0.360 e. The molecule has 1 aromatic rings. The van der Waals surface area contributed by atoms with Crippen molar-refractivity contribution in [3.8, 4) is 0 Å². The summed E-state index contributed by atoms with van der Waals surface area (Å²) < 4.78 is 45.2. The maximum absolute atomic E-state index is 13.1. The number of benzene rings is 1. The van der Waals surface area contributed by atoms with Crippen LogP contribution in [-0.4, -0.2) is 56.5 Å². The molecule has 2 fully saturated rings. The van der Waals surface area contributed by atoms with Crippen LogP contribution >= 0.6 is 0 Å². The van der Waals surface area contributed by atoms with Crippen LogP contribution in [0.4, 0.5) is 4.39 Å². The van der Waals surface area contributed by atoms with Gasteiger partial charge in [-0.2, -0.15) is 4.31 Å². The Hall–Kier alpha value is -2.04. The Morgan fingerprint density at radius 1 is 1.19 bits per heavy atom. The molecule has 1 aliphatic heterocycles. The van der Waals surface area contributed by atoms with Gasteiger partial charge in [-0.3, -0.25) is 9.59 Å². The highest BCUT2D eigenvalue weighted by molar-refractivity contribution is 7.89. The number of carbonyl (C=O) groups excluding carboxylic acids is 2. The van der Waals surface area contributed by atoms with Crippen molar-refractivity contribution in [3.63, 3.8) is 0 Å². The molecule has 1 atom stereocenters. The van der Waals surface area contributed by atoms with Crippen LogP contribution in [0.25, 0.3) is 0 Å². The third-order valence-electron chi connectivity index (χ3n) is 4.13. The fourth-order valence-corrected chi connectivity index (χ4v) is 4.15. The first kappa shape index (κ1) is 18.7. The van der Waals surface area contributed by atoms with Crippen LogP contribution < -0.4 is 10.6 Å². The minimum atomic E-state index is -3.92. The Morgan fingerprint density at radius 2 is 1.88 bits per heavy atom. The van der Waals surface area contributed by atoms with Gasteiger partial charge in [-0.05, 0) is 43.5 Å². The van der Waals surface area contributed by atoms with Crippen molar-refractivity contribution in [3.05, 3.63) is 30.1 Å². The van der Waals surface area contributed by atoms with Gasteiger partial charge >= 0.3 is 11.8 Å². The Labute approximate surface area is 150 Å². The number of sulfonamides is 1. The molecule has 0 spiro atoms. The molecule has 8 nitrogen and oxygen atoms in total. The van der Waals surface area contributed by atoms with Gasteiger partial charge in [0, 0.05) is 12.6 Å². The average Bonchev–Trinajstić information content (AvgIpc) is 3.44. The smallest absolute Gasteiger partial charge is 0.309 e. The highest BCUT2D eigenvalue weighted by Gasteiger charge is 2.35. The average molecular weight is 385 g/mol. The van der Waals surface area contributed by atoms with Crippen molar-refractivity contribution in [2.24, 2.45) is 0 Å². The van der Waals surface area contributed by atoms with E-state index in [9.17, 15) is 22.4 Å². The lowest BCUT2D eigenvalue weighted by Crippen LogP contribution is -2.53. The topological polar surface area (TPSA) is 105 Å². The zero-order valence-electron chi connectivity index (χ0n) is 14.0. The molecule has 1 saturated carbocycles. The third kappa shape index (κ3) is 4.37. The number of amides is 2. The standard InChI is InChI=1S/C16H20FN3O5S/c17-11-2-6-13(7-3-11)26(23,24)20-8-1-9-25-14(20)10-18-15(21)16(22)19-12-4-5-12/h2-3,6-7,12,14H,1,4-5,8-10H2,(H,18,21)(H,19,22). The van der Waals surface area contributed by atoms with Crippen molar-refractivity contribution in [1.29, 1.82) is 0 Å². The number of ether oxygens (including phenoxy) is 1. The van der Waals surface area contributed by atoms with Gasteiger partial charge in [-0.1, -0.05) is 0 Å². The second-order valence-electron chi connectivity index (χ2n) is 6.21. The van der Waals surface area contributed by atoms with E-state index >= 15 is 0 Å². The number of rotatable bonds is 5. The van der Waals surface area contributed by atoms with Crippen LogP contribution in [0.2, 0.25) is 0 Å². The number of nitrogens with zero attached hydrogens (tertiary/aromatic N) is 1. The van der Waals surface area contributed by atoms with Crippen molar-refractivity contribution in [2.75, 3.05) is 19.7 Å². The Bertz CT molecular complexity index is 780. The van der Waals surface area contributed by atoms with Crippen LogP contribution in [0, 0.1) is 5.82 Å². The van der Waals surface area contributed by atoms with E-state index in [-0.39, 0.29) is 24.0 Å². The maximum Gasteiger partial charge on any atom is 0.309 e. The minimum absolute atomic E-state index is 0.0505. The summed E-state index contributed by atoms with van der Waals surface area (Å²) in [5.74, 6) is -2.11. The summed E-state index contributed by atoms with van der Waals surface area (Å²) >= 11 is 0. The van der Waals surface area contributed by atoms with Crippen molar-refractivity contribution in [1.82, 2.24) is 14.9 Å². The molecule has 3 rings (SSSR count). The molecular formula is C16H20FN3O5S. The number of hydrogen-bond acceptors (Lipinski definition) is 5. The van der Waals surface area contributed by atoms with E-state index < -0.39 is 33.9 Å². The third-order valence-corrected chi connectivity index (χ3v) is 6.03. The molecule has 1 aliphatic carbocycles. The van der Waals surface area contributed by atoms with E-state index in [1.807, 2.05) is 0 Å². The quantitative estimate of drug-likeness (QED) is 0.692. The van der Waals surface area contributed by atoms with Gasteiger partial charge in [0.05, 0.1) is 18.0 Å². The predicted molar refractivity (Wildman–Crippen MR) is 88.8 cm³/mol. The van der Waals surface area contributed by atoms with Gasteiger partial charge in [-0.15, -0.1) is 0 Å². The minimum Gasteiger partial charge on any atom is -0.360 e. The van der Waals surface area contributed by atoms with Gasteiger partial charge in [0.2, 0.25) is 10.0 Å². The Balaban J connectivity index is 1.66. The number of carbonyl (C=O) groups is 2. The van der Waals surface area contributed by atoms with Crippen LogP contribution in [0.15, 0.2) is 29.2 Å². The van der Waals surface area contributed by atoms with Gasteiger partial charge in [0.15, 0.2) is 0 Å². The van der Waals surface area contributed by atoms with Crippen LogP contribution in [0.5, 0.6) is 0 Å². The molecule has 142 valence electrons. The molecule has 1 heterocycles. The monoisotopic (exact) mass is 385 g/mol. The molecule has 1 aromatic carbocycles. The summed E-state index contributed by atoms with van der Waals surface area (Å²) in [7, 11) is -3.92. The lowest BCUT2D eigenvalue weighted by molar-refractivity contribution is -0.140. The summed E-state index contributed by atoms with van der Waals surface area (Å²) in [5, 5.41) is 4.96. The van der Waals surface area contributed by atoms with Crippen LogP contribution in [0.3, 0.4) is 0 Å². The summed E-state index contributed by atoms with van der Waals surface area (Å²) in [6.45, 7) is 0.385. The van der Waals surface area contributed by atoms with Crippen LogP contribution in [-0.2, 0) is 24.3 Å². The summed E-state index contributed by atoms with van der Waals surface area (Å²) in [5.41, 5.74) is 0. The van der Waals surface area contributed by atoms with E-state index in [1.165, 1.54) is 12.1 Å². The van der Waals surface area contributed by atoms with Crippen LogP contribution in [0.1, 0.15) is 19.3 Å². The number of nitrogens with one attached hydrogen (secondary N) is 2. The Kier molecular flexibility index (Phi) is 5.54. The molecule has 0 radical (unpaired) electrons. The molecule has 26 heavy (non-hydrogen) atoms. The van der Waals surface area contributed by atoms with E-state index in [2.05, 4.69) is 10.6 Å². The zero-order chi connectivity index (χ0) is 18.7. The van der Waals surface area contributed by atoms with Gasteiger partial charge in [-0.25, -0.2) is 12.8 Å². The first-order valence-corrected chi connectivity index (χ1v) is 9.79. The van der Waals surface area contributed by atoms with E-state index in [1.54, 1.807) is 0 Å². The van der Waals surface area contributed by atoms with E-state index in [4.69, 9.17) is 4.74 Å². The lowest BCUT2D eigenvalue weighted by Gasteiger charge is -2.34. The molecular weight excluding hydrogens is 365 g/mol. The fraction of sp³-hybridized carbons (Fsp3) is 0.500. The SMILES string of the molecule is O=C(NCC1OCCCN1S(=O)(=O)c1ccc(F)cc1)C(=O)NC1CC1. The predicted octanol–water partition coefficient (Wildman–Crippen LogP) is -0.0424. The van der Waals surface area contributed by atoms with E-state index in [0.717, 1.165) is 29.3 Å². The van der Waals surface area contributed by atoms with Crippen molar-refractivity contribution < 1.29 is 27.1 Å². The zero-order valence-corrected chi connectivity index (χ0v) is 14.8. The second kappa shape index (κ2) is 7.68. The normalized spacial score (nSPS) is 21.2. The molecule has 1 saturated heterocycles. The summed E-state index contributed by atoms with van der Waals surface area (Å²) in [4.78, 5) is 23.4. The molecule has 1 unspecified atom stereocenters. The van der Waals surface area contributed by atoms with Gasteiger partial charge < -0.3 is 15.4 Å². The van der Waals surface area contributed by atoms with E-state index in [0.29, 0.717) is 13.0 Å². The second-order valence-corrected chi connectivity index (χ2v) is 8.10. The molecule has 2 aliphatic rings. The molecule has 0 aromatic heterocycles. The van der Waals surface area contributed by atoms with Crippen molar-refractivity contribution in [2.45, 2.75) is 36.4 Å². The first-order chi connectivity index (χ1) is 12.4. The number of halogens is 1. The summed E-state index contributed by atoms with van der Waals surface area (Å²) in [6.07, 6.45) is 1.27. The molecule has 2 amide bonds. The lowest BCUT2D eigenvalue weighted by atomic mass is 10.3. The number of hydrogen-bond donors (Lipinski definition) is 2. The highest BCUT2D eigenvalue weighted by Crippen LogP contribution is 2.22. The molecule has 10 heteroatoms. The maximum atomic E-state index is 13.1. The van der Waals surface area contributed by atoms with Gasteiger partial charge in [0.25, 0.3) is 0 Å². The first-order valence-electron chi connectivity index (χ1n) is 8.35. The van der Waals surface area contributed by atoms with Crippen molar-refractivity contribution >= 4 is 21.8 Å². The van der Waals surface area contributed by atoms with Gasteiger partial charge in [0.1, 0.15) is 12.0 Å². The summed E-state index contributed by atoms with van der Waals surface area (Å²) in [6, 6.07) is 4.54. The highest BCUT2D eigenvalue weighted by atomic mass is 32.2. The molecule has 0 bridgehead atoms. The Morgan fingerprint density at radius 3 is 2.54 bits per heavy atom. The molecule has 2 N–H and O–H groups in total. The fourth-order valence-electron chi connectivity index (χ4n) is 2.58.